The molecule has 5 nitrogen and oxygen atoms in total. The van der Waals surface area contributed by atoms with Crippen LogP contribution in [0, 0.1) is 5.92 Å². The molecular weight excluding hydrogens is 416 g/mol. The van der Waals surface area contributed by atoms with Crippen LogP contribution in [0.3, 0.4) is 0 Å². The molecule has 1 N–H and O–H groups in total. The highest BCUT2D eigenvalue weighted by atomic mass is 32.2. The maximum absolute atomic E-state index is 12.5. The lowest BCUT2D eigenvalue weighted by Gasteiger charge is -2.26. The van der Waals surface area contributed by atoms with Crippen LogP contribution in [-0.2, 0) is 11.2 Å². The summed E-state index contributed by atoms with van der Waals surface area (Å²) in [7, 11) is 0. The first-order valence-corrected chi connectivity index (χ1v) is 12.8. The fourth-order valence-corrected chi connectivity index (χ4v) is 5.28. The Balaban J connectivity index is 1.57. The number of hydrogen-bond acceptors (Lipinski definition) is 4. The van der Waals surface area contributed by atoms with Crippen LogP contribution >= 0.6 is 11.8 Å². The zero-order chi connectivity index (χ0) is 22.5. The van der Waals surface area contributed by atoms with E-state index in [2.05, 4.69) is 83.3 Å². The van der Waals surface area contributed by atoms with Gasteiger partial charge in [-0.2, -0.15) is 0 Å². The Morgan fingerprint density at radius 1 is 1.06 bits per heavy atom. The standard InChI is InChI=1S/C26H34N4OS/c1-18(2)19(3)27-25(31)17-32-26-29-28-24(30(26)22-13-5-4-6-14-22)16-21-12-9-11-20-10-7-8-15-23(20)21/h7-12,15,18-19,22H,4-6,13-14,16-17H2,1-3H3,(H,27,31)/t19-/m1/s1. The van der Waals surface area contributed by atoms with Crippen LogP contribution in [-0.4, -0.2) is 32.5 Å². The lowest BCUT2D eigenvalue weighted by atomic mass is 9.95. The van der Waals surface area contributed by atoms with Gasteiger partial charge in [0.25, 0.3) is 0 Å². The maximum atomic E-state index is 12.5. The van der Waals surface area contributed by atoms with E-state index >= 15 is 0 Å². The fourth-order valence-electron chi connectivity index (χ4n) is 4.44. The third-order valence-electron chi connectivity index (χ3n) is 6.62. The number of amides is 1. The van der Waals surface area contributed by atoms with Crippen molar-refractivity contribution < 1.29 is 4.79 Å². The van der Waals surface area contributed by atoms with E-state index in [1.54, 1.807) is 0 Å². The lowest BCUT2D eigenvalue weighted by molar-refractivity contribution is -0.119. The maximum Gasteiger partial charge on any atom is 0.230 e. The Morgan fingerprint density at radius 3 is 2.59 bits per heavy atom. The Bertz CT molecular complexity index is 1050. The molecule has 0 saturated heterocycles. The number of nitrogens with zero attached hydrogens (tertiary/aromatic N) is 3. The third kappa shape index (κ3) is 5.34. The number of fused-ring (bicyclic) bond motifs is 1. The minimum absolute atomic E-state index is 0.0602. The molecule has 1 heterocycles. The topological polar surface area (TPSA) is 59.8 Å². The van der Waals surface area contributed by atoms with E-state index in [0.717, 1.165) is 30.2 Å². The predicted octanol–water partition coefficient (Wildman–Crippen LogP) is 5.78. The van der Waals surface area contributed by atoms with Crippen molar-refractivity contribution in [3.63, 3.8) is 0 Å². The SMILES string of the molecule is CC(C)[C@@H](C)NC(=O)CSc1nnc(Cc2cccc3ccccc23)n1C1CCCCC1. The Hall–Kier alpha value is -2.34. The summed E-state index contributed by atoms with van der Waals surface area (Å²) in [5.41, 5.74) is 1.27. The molecule has 1 aliphatic carbocycles. The first-order chi connectivity index (χ1) is 15.5. The van der Waals surface area contributed by atoms with E-state index in [1.165, 1.54) is 47.4 Å². The summed E-state index contributed by atoms with van der Waals surface area (Å²) in [5.74, 6) is 1.86. The molecule has 2 aromatic carbocycles. The van der Waals surface area contributed by atoms with Gasteiger partial charge in [0.05, 0.1) is 5.75 Å². The highest BCUT2D eigenvalue weighted by Crippen LogP contribution is 2.33. The number of benzene rings is 2. The van der Waals surface area contributed by atoms with Gasteiger partial charge in [0.15, 0.2) is 5.16 Å². The molecule has 1 aromatic heterocycles. The summed E-state index contributed by atoms with van der Waals surface area (Å²) in [6.45, 7) is 6.30. The van der Waals surface area contributed by atoms with E-state index in [4.69, 9.17) is 0 Å². The van der Waals surface area contributed by atoms with Crippen LogP contribution < -0.4 is 5.32 Å². The molecule has 0 spiro atoms. The second kappa shape index (κ2) is 10.5. The summed E-state index contributed by atoms with van der Waals surface area (Å²) in [5, 5.41) is 15.7. The molecule has 3 aromatic rings. The van der Waals surface area contributed by atoms with Crippen molar-refractivity contribution >= 4 is 28.4 Å². The van der Waals surface area contributed by atoms with Crippen molar-refractivity contribution in [3.8, 4) is 0 Å². The first kappa shape index (κ1) is 22.8. The lowest BCUT2D eigenvalue weighted by Crippen LogP contribution is -2.37. The van der Waals surface area contributed by atoms with Gasteiger partial charge in [-0.05, 0) is 42.0 Å². The second-order valence-electron chi connectivity index (χ2n) is 9.26. The minimum atomic E-state index is 0.0602. The van der Waals surface area contributed by atoms with Crippen LogP contribution in [0.4, 0.5) is 0 Å². The number of rotatable bonds is 8. The van der Waals surface area contributed by atoms with E-state index in [0.29, 0.717) is 17.7 Å². The van der Waals surface area contributed by atoms with Crippen LogP contribution in [0.25, 0.3) is 10.8 Å². The van der Waals surface area contributed by atoms with Crippen LogP contribution in [0.1, 0.15) is 70.3 Å². The number of nitrogens with one attached hydrogen (secondary N) is 1. The van der Waals surface area contributed by atoms with Crippen LogP contribution in [0.2, 0.25) is 0 Å². The Morgan fingerprint density at radius 2 is 1.81 bits per heavy atom. The number of hydrogen-bond donors (Lipinski definition) is 1. The van der Waals surface area contributed by atoms with Crippen LogP contribution in [0.15, 0.2) is 47.6 Å². The molecule has 1 atom stereocenters. The molecule has 0 unspecified atom stereocenters. The van der Waals surface area contributed by atoms with Gasteiger partial charge >= 0.3 is 0 Å². The first-order valence-electron chi connectivity index (χ1n) is 11.9. The molecule has 0 bridgehead atoms. The van der Waals surface area contributed by atoms with E-state index in [9.17, 15) is 4.79 Å². The zero-order valence-electron chi connectivity index (χ0n) is 19.4. The summed E-state index contributed by atoms with van der Waals surface area (Å²) < 4.78 is 2.34. The Kier molecular flexibility index (Phi) is 7.51. The molecule has 1 amide bonds. The largest absolute Gasteiger partial charge is 0.353 e. The van der Waals surface area contributed by atoms with Gasteiger partial charge in [0, 0.05) is 18.5 Å². The monoisotopic (exact) mass is 450 g/mol. The van der Waals surface area contributed by atoms with Gasteiger partial charge in [-0.3, -0.25) is 4.79 Å². The molecule has 6 heteroatoms. The van der Waals surface area contributed by atoms with E-state index in [-0.39, 0.29) is 11.9 Å². The second-order valence-corrected chi connectivity index (χ2v) is 10.2. The molecule has 170 valence electrons. The average Bonchev–Trinajstić information content (AvgIpc) is 3.21. The van der Waals surface area contributed by atoms with Crippen molar-refractivity contribution in [1.29, 1.82) is 0 Å². The summed E-state index contributed by atoms with van der Waals surface area (Å²) >= 11 is 1.51. The molecule has 4 rings (SSSR count). The quantitative estimate of drug-likeness (QED) is 0.442. The van der Waals surface area contributed by atoms with Crippen molar-refractivity contribution in [1.82, 2.24) is 20.1 Å². The normalized spacial score (nSPS) is 15.9. The highest BCUT2D eigenvalue weighted by Gasteiger charge is 2.24. The zero-order valence-corrected chi connectivity index (χ0v) is 20.2. The molecule has 1 aliphatic rings. The summed E-state index contributed by atoms with van der Waals surface area (Å²) in [6.07, 6.45) is 6.85. The van der Waals surface area contributed by atoms with Crippen LogP contribution in [0.5, 0.6) is 0 Å². The molecule has 1 saturated carbocycles. The number of carbonyl (C=O) groups is 1. The molecule has 32 heavy (non-hydrogen) atoms. The minimum Gasteiger partial charge on any atom is -0.353 e. The number of thioether (sulfide) groups is 1. The molecule has 1 fully saturated rings. The predicted molar refractivity (Wildman–Crippen MR) is 132 cm³/mol. The van der Waals surface area contributed by atoms with Gasteiger partial charge in [-0.15, -0.1) is 10.2 Å². The summed E-state index contributed by atoms with van der Waals surface area (Å²) in [6, 6.07) is 15.6. The van der Waals surface area contributed by atoms with Gasteiger partial charge in [-0.1, -0.05) is 87.3 Å². The Labute approximate surface area is 195 Å². The molecule has 0 radical (unpaired) electrons. The van der Waals surface area contributed by atoms with E-state index < -0.39 is 0 Å². The van der Waals surface area contributed by atoms with Crippen molar-refractivity contribution in [2.24, 2.45) is 5.92 Å². The molecule has 0 aliphatic heterocycles. The van der Waals surface area contributed by atoms with Gasteiger partial charge in [0.2, 0.25) is 5.91 Å². The van der Waals surface area contributed by atoms with Crippen molar-refractivity contribution in [2.45, 2.75) is 76.5 Å². The fraction of sp³-hybridized carbons (Fsp3) is 0.500. The highest BCUT2D eigenvalue weighted by molar-refractivity contribution is 7.99. The van der Waals surface area contributed by atoms with Gasteiger partial charge in [-0.25, -0.2) is 0 Å². The van der Waals surface area contributed by atoms with Crippen molar-refractivity contribution in [3.05, 3.63) is 53.9 Å². The summed E-state index contributed by atoms with van der Waals surface area (Å²) in [4.78, 5) is 12.5. The van der Waals surface area contributed by atoms with Gasteiger partial charge in [0.1, 0.15) is 5.82 Å². The van der Waals surface area contributed by atoms with Gasteiger partial charge < -0.3 is 9.88 Å². The van der Waals surface area contributed by atoms with E-state index in [1.807, 2.05) is 0 Å². The molecular formula is C26H34N4OS. The van der Waals surface area contributed by atoms with Crippen molar-refractivity contribution in [2.75, 3.05) is 5.75 Å². The smallest absolute Gasteiger partial charge is 0.230 e. The third-order valence-corrected chi connectivity index (χ3v) is 7.57. The number of aromatic nitrogens is 3. The average molecular weight is 451 g/mol. The number of carbonyl (C=O) groups excluding carboxylic acids is 1.